The van der Waals surface area contributed by atoms with Crippen LogP contribution in [0, 0.1) is 0 Å². The number of nitrogens with zero attached hydrogens (tertiary/aromatic N) is 1. The van der Waals surface area contributed by atoms with Crippen molar-refractivity contribution in [3.05, 3.63) is 66.0 Å². The van der Waals surface area contributed by atoms with E-state index in [0.717, 1.165) is 11.1 Å². The normalized spacial score (nSPS) is 12.4. The molecule has 0 radical (unpaired) electrons. The summed E-state index contributed by atoms with van der Waals surface area (Å²) in [5.41, 5.74) is 1.83. The molecule has 0 aliphatic heterocycles. The Morgan fingerprint density at radius 1 is 1.00 bits per heavy atom. The van der Waals surface area contributed by atoms with Gasteiger partial charge in [-0.2, -0.15) is 0 Å². The van der Waals surface area contributed by atoms with E-state index < -0.39 is 6.10 Å². The van der Waals surface area contributed by atoms with Crippen LogP contribution in [0.2, 0.25) is 0 Å². The highest BCUT2D eigenvalue weighted by atomic mass is 16.3. The molecular formula is C13H14NO+. The van der Waals surface area contributed by atoms with Gasteiger partial charge in [-0.25, -0.2) is 4.57 Å². The molecule has 1 aromatic carbocycles. The third kappa shape index (κ3) is 2.22. The van der Waals surface area contributed by atoms with Crippen LogP contribution in [0.15, 0.2) is 54.9 Å². The first-order chi connectivity index (χ1) is 7.27. The first kappa shape index (κ1) is 9.87. The van der Waals surface area contributed by atoms with Crippen LogP contribution in [-0.4, -0.2) is 5.11 Å². The maximum absolute atomic E-state index is 10.1. The SMILES string of the molecule is C[n+]1cccc(C(O)c2ccccc2)c1. The van der Waals surface area contributed by atoms with E-state index in [-0.39, 0.29) is 0 Å². The topological polar surface area (TPSA) is 24.1 Å². The number of aromatic nitrogens is 1. The fourth-order valence-corrected chi connectivity index (χ4v) is 1.60. The van der Waals surface area contributed by atoms with Crippen molar-refractivity contribution >= 4 is 0 Å². The summed E-state index contributed by atoms with van der Waals surface area (Å²) in [6, 6.07) is 13.5. The third-order valence-electron chi connectivity index (χ3n) is 2.39. The minimum Gasteiger partial charge on any atom is -0.383 e. The Kier molecular flexibility index (Phi) is 2.79. The van der Waals surface area contributed by atoms with Crippen LogP contribution in [0.4, 0.5) is 0 Å². The maximum atomic E-state index is 10.1. The number of aliphatic hydroxyl groups is 1. The molecule has 0 amide bonds. The number of hydrogen-bond donors (Lipinski definition) is 1. The molecule has 1 atom stereocenters. The molecule has 0 saturated carbocycles. The average molecular weight is 200 g/mol. The molecule has 2 aromatic rings. The van der Waals surface area contributed by atoms with Crippen molar-refractivity contribution < 1.29 is 9.67 Å². The molecule has 0 fully saturated rings. The molecule has 0 aliphatic rings. The van der Waals surface area contributed by atoms with Crippen molar-refractivity contribution in [2.24, 2.45) is 7.05 Å². The lowest BCUT2D eigenvalue weighted by molar-refractivity contribution is -0.672. The van der Waals surface area contributed by atoms with Gasteiger partial charge in [-0.15, -0.1) is 0 Å². The minimum atomic E-state index is -0.543. The Morgan fingerprint density at radius 3 is 2.33 bits per heavy atom. The molecule has 1 N–H and O–H groups in total. The highest BCUT2D eigenvalue weighted by Gasteiger charge is 2.11. The first-order valence-electron chi connectivity index (χ1n) is 4.95. The van der Waals surface area contributed by atoms with Crippen LogP contribution in [0.25, 0.3) is 0 Å². The second kappa shape index (κ2) is 4.24. The van der Waals surface area contributed by atoms with E-state index in [4.69, 9.17) is 0 Å². The van der Waals surface area contributed by atoms with Crippen molar-refractivity contribution in [3.63, 3.8) is 0 Å². The van der Waals surface area contributed by atoms with Gasteiger partial charge in [-0.05, 0) is 11.6 Å². The maximum Gasteiger partial charge on any atom is 0.174 e. The summed E-state index contributed by atoms with van der Waals surface area (Å²) in [7, 11) is 1.95. The molecule has 0 aliphatic carbocycles. The van der Waals surface area contributed by atoms with Crippen molar-refractivity contribution in [2.45, 2.75) is 6.10 Å². The van der Waals surface area contributed by atoms with Gasteiger partial charge in [-0.3, -0.25) is 0 Å². The zero-order chi connectivity index (χ0) is 10.7. The van der Waals surface area contributed by atoms with Crippen LogP contribution in [0.3, 0.4) is 0 Å². The highest BCUT2D eigenvalue weighted by molar-refractivity contribution is 5.26. The van der Waals surface area contributed by atoms with Gasteiger partial charge in [0, 0.05) is 11.6 Å². The molecule has 0 saturated heterocycles. The van der Waals surface area contributed by atoms with Crippen molar-refractivity contribution in [2.75, 3.05) is 0 Å². The molecule has 1 aromatic heterocycles. The van der Waals surface area contributed by atoms with Gasteiger partial charge in [0.2, 0.25) is 0 Å². The lowest BCUT2D eigenvalue weighted by atomic mass is 10.0. The number of hydrogen-bond acceptors (Lipinski definition) is 1. The molecule has 2 rings (SSSR count). The van der Waals surface area contributed by atoms with Gasteiger partial charge in [0.25, 0.3) is 0 Å². The van der Waals surface area contributed by atoms with E-state index >= 15 is 0 Å². The Labute approximate surface area is 89.4 Å². The predicted molar refractivity (Wildman–Crippen MR) is 58.1 cm³/mol. The Morgan fingerprint density at radius 2 is 1.67 bits per heavy atom. The van der Waals surface area contributed by atoms with Crippen LogP contribution in [-0.2, 0) is 7.05 Å². The van der Waals surface area contributed by atoms with E-state index in [1.54, 1.807) is 0 Å². The number of pyridine rings is 1. The largest absolute Gasteiger partial charge is 0.383 e. The number of aliphatic hydroxyl groups excluding tert-OH is 1. The summed E-state index contributed by atoms with van der Waals surface area (Å²) in [5.74, 6) is 0. The van der Waals surface area contributed by atoms with E-state index in [1.807, 2.05) is 66.5 Å². The molecule has 1 heterocycles. The first-order valence-corrected chi connectivity index (χ1v) is 4.95. The van der Waals surface area contributed by atoms with Gasteiger partial charge >= 0.3 is 0 Å². The second-order valence-electron chi connectivity index (χ2n) is 3.62. The lowest BCUT2D eigenvalue weighted by Crippen LogP contribution is -2.27. The lowest BCUT2D eigenvalue weighted by Gasteiger charge is -2.09. The fourth-order valence-electron chi connectivity index (χ4n) is 1.60. The number of benzene rings is 1. The van der Waals surface area contributed by atoms with Crippen LogP contribution >= 0.6 is 0 Å². The van der Waals surface area contributed by atoms with Gasteiger partial charge in [0.15, 0.2) is 12.4 Å². The molecule has 2 nitrogen and oxygen atoms in total. The number of aryl methyl sites for hydroxylation is 1. The molecule has 0 spiro atoms. The van der Waals surface area contributed by atoms with Crippen molar-refractivity contribution in [3.8, 4) is 0 Å². The minimum absolute atomic E-state index is 0.543. The van der Waals surface area contributed by atoms with Crippen LogP contribution in [0.1, 0.15) is 17.2 Å². The summed E-state index contributed by atoms with van der Waals surface area (Å²) in [6.07, 6.45) is 3.33. The fraction of sp³-hybridized carbons (Fsp3) is 0.154. The quantitative estimate of drug-likeness (QED) is 0.731. The summed E-state index contributed by atoms with van der Waals surface area (Å²) >= 11 is 0. The highest BCUT2D eigenvalue weighted by Crippen LogP contribution is 2.19. The molecule has 1 unspecified atom stereocenters. The monoisotopic (exact) mass is 200 g/mol. The summed E-state index contributed by atoms with van der Waals surface area (Å²) in [5, 5.41) is 10.1. The smallest absolute Gasteiger partial charge is 0.174 e. The molecule has 76 valence electrons. The van der Waals surface area contributed by atoms with Gasteiger partial charge < -0.3 is 5.11 Å². The number of rotatable bonds is 2. The molecule has 0 bridgehead atoms. The van der Waals surface area contributed by atoms with Gasteiger partial charge in [-0.1, -0.05) is 30.3 Å². The average Bonchev–Trinajstić information content (AvgIpc) is 2.29. The van der Waals surface area contributed by atoms with E-state index in [9.17, 15) is 5.11 Å². The molecular weight excluding hydrogens is 186 g/mol. The molecule has 2 heteroatoms. The van der Waals surface area contributed by atoms with Gasteiger partial charge in [0.1, 0.15) is 13.2 Å². The molecule has 15 heavy (non-hydrogen) atoms. The zero-order valence-electron chi connectivity index (χ0n) is 8.67. The third-order valence-corrected chi connectivity index (χ3v) is 2.39. The van der Waals surface area contributed by atoms with E-state index in [2.05, 4.69) is 0 Å². The van der Waals surface area contributed by atoms with E-state index in [1.165, 1.54) is 0 Å². The summed E-state index contributed by atoms with van der Waals surface area (Å²) < 4.78 is 1.93. The predicted octanol–water partition coefficient (Wildman–Crippen LogP) is 1.59. The Hall–Kier alpha value is -1.67. The van der Waals surface area contributed by atoms with Crippen molar-refractivity contribution in [1.82, 2.24) is 0 Å². The van der Waals surface area contributed by atoms with Crippen LogP contribution < -0.4 is 4.57 Å². The van der Waals surface area contributed by atoms with Gasteiger partial charge in [0.05, 0.1) is 0 Å². The van der Waals surface area contributed by atoms with E-state index in [0.29, 0.717) is 0 Å². The Bertz CT molecular complexity index is 439. The zero-order valence-corrected chi connectivity index (χ0v) is 8.67. The Balaban J connectivity index is 2.32. The standard InChI is InChI=1S/C13H14NO/c1-14-9-5-8-12(10-14)13(15)11-6-3-2-4-7-11/h2-10,13,15H,1H3/q+1. The summed E-state index contributed by atoms with van der Waals surface area (Å²) in [6.45, 7) is 0. The second-order valence-corrected chi connectivity index (χ2v) is 3.62. The van der Waals surface area contributed by atoms with Crippen LogP contribution in [0.5, 0.6) is 0 Å². The summed E-state index contributed by atoms with van der Waals surface area (Å²) in [4.78, 5) is 0. The van der Waals surface area contributed by atoms with Crippen molar-refractivity contribution in [1.29, 1.82) is 0 Å².